The van der Waals surface area contributed by atoms with Crippen molar-refractivity contribution in [3.63, 3.8) is 0 Å². The average Bonchev–Trinajstić information content (AvgIpc) is 2.48. The summed E-state index contributed by atoms with van der Waals surface area (Å²) in [6.45, 7) is 1.88. The van der Waals surface area contributed by atoms with E-state index in [1.165, 1.54) is 0 Å². The highest BCUT2D eigenvalue weighted by molar-refractivity contribution is 6.05. The van der Waals surface area contributed by atoms with Crippen LogP contribution in [0.15, 0.2) is 42.6 Å². The molecule has 1 heterocycles. The lowest BCUT2D eigenvalue weighted by atomic mass is 10.1. The zero-order valence-corrected chi connectivity index (χ0v) is 11.8. The van der Waals surface area contributed by atoms with E-state index in [0.717, 1.165) is 5.69 Å². The lowest BCUT2D eigenvalue weighted by molar-refractivity contribution is 0.102. The van der Waals surface area contributed by atoms with E-state index in [1.54, 1.807) is 36.5 Å². The maximum Gasteiger partial charge on any atom is 0.256 e. The third-order valence-corrected chi connectivity index (χ3v) is 2.79. The molecular formula is C17H16N2O2. The smallest absolute Gasteiger partial charge is 0.256 e. The van der Waals surface area contributed by atoms with Crippen molar-refractivity contribution in [1.29, 1.82) is 0 Å². The Kier molecular flexibility index (Phi) is 5.08. The van der Waals surface area contributed by atoms with Crippen LogP contribution in [0.3, 0.4) is 0 Å². The number of amides is 1. The van der Waals surface area contributed by atoms with E-state index in [1.807, 2.05) is 13.0 Å². The number of aromatic nitrogens is 1. The van der Waals surface area contributed by atoms with Crippen LogP contribution in [0.4, 0.5) is 5.69 Å². The van der Waals surface area contributed by atoms with Gasteiger partial charge in [0.1, 0.15) is 0 Å². The molecule has 4 heteroatoms. The van der Waals surface area contributed by atoms with Crippen LogP contribution in [0.2, 0.25) is 0 Å². The normalized spacial score (nSPS) is 9.62. The second-order valence-corrected chi connectivity index (χ2v) is 4.46. The summed E-state index contributed by atoms with van der Waals surface area (Å²) < 4.78 is 0. The maximum absolute atomic E-state index is 12.3. The first-order chi connectivity index (χ1) is 10.2. The third kappa shape index (κ3) is 4.16. The number of hydrogen-bond acceptors (Lipinski definition) is 3. The number of benzene rings is 1. The van der Waals surface area contributed by atoms with Crippen molar-refractivity contribution in [1.82, 2.24) is 4.98 Å². The van der Waals surface area contributed by atoms with Crippen LogP contribution >= 0.6 is 0 Å². The van der Waals surface area contributed by atoms with Gasteiger partial charge in [-0.05, 0) is 31.2 Å². The Bertz CT molecular complexity index is 699. The first kappa shape index (κ1) is 14.8. The molecular weight excluding hydrogens is 264 g/mol. The van der Waals surface area contributed by atoms with Gasteiger partial charge in [-0.1, -0.05) is 24.0 Å². The van der Waals surface area contributed by atoms with E-state index < -0.39 is 0 Å². The first-order valence-electron chi connectivity index (χ1n) is 6.63. The number of nitrogens with one attached hydrogen (secondary N) is 1. The largest absolute Gasteiger partial charge is 0.395 e. The second kappa shape index (κ2) is 7.22. The number of aliphatic hydroxyl groups is 1. The molecule has 106 valence electrons. The van der Waals surface area contributed by atoms with Crippen molar-refractivity contribution in [2.75, 3.05) is 11.9 Å². The van der Waals surface area contributed by atoms with E-state index in [9.17, 15) is 4.79 Å². The summed E-state index contributed by atoms with van der Waals surface area (Å²) in [5.74, 6) is 5.53. The SMILES string of the molecule is Cc1cc(NC(=O)c2ccccc2C#CCCO)ccn1. The van der Waals surface area contributed by atoms with Gasteiger partial charge in [-0.25, -0.2) is 0 Å². The van der Waals surface area contributed by atoms with Crippen LogP contribution in [0.1, 0.15) is 28.0 Å². The molecule has 0 unspecified atom stereocenters. The fraction of sp³-hybridized carbons (Fsp3) is 0.176. The molecule has 0 aliphatic rings. The quantitative estimate of drug-likeness (QED) is 0.849. The van der Waals surface area contributed by atoms with Crippen LogP contribution in [0.25, 0.3) is 0 Å². The number of rotatable bonds is 3. The molecule has 0 atom stereocenters. The number of aliphatic hydroxyl groups excluding tert-OH is 1. The molecule has 21 heavy (non-hydrogen) atoms. The Morgan fingerprint density at radius 2 is 2.14 bits per heavy atom. The van der Waals surface area contributed by atoms with Crippen LogP contribution in [-0.4, -0.2) is 22.6 Å². The summed E-state index contributed by atoms with van der Waals surface area (Å²) in [4.78, 5) is 16.4. The lowest BCUT2D eigenvalue weighted by Crippen LogP contribution is -2.13. The summed E-state index contributed by atoms with van der Waals surface area (Å²) in [5, 5.41) is 11.6. The number of anilines is 1. The molecule has 0 radical (unpaired) electrons. The molecule has 0 aliphatic heterocycles. The second-order valence-electron chi connectivity index (χ2n) is 4.46. The number of aryl methyl sites for hydroxylation is 1. The monoisotopic (exact) mass is 280 g/mol. The van der Waals surface area contributed by atoms with Gasteiger partial charge < -0.3 is 10.4 Å². The predicted octanol–water partition coefficient (Wildman–Crippen LogP) is 2.38. The number of nitrogens with zero attached hydrogens (tertiary/aromatic N) is 1. The van der Waals surface area contributed by atoms with Crippen molar-refractivity contribution in [2.45, 2.75) is 13.3 Å². The molecule has 1 aromatic heterocycles. The Morgan fingerprint density at radius 3 is 2.90 bits per heavy atom. The molecule has 0 bridgehead atoms. The van der Waals surface area contributed by atoms with Gasteiger partial charge in [0.05, 0.1) is 12.2 Å². The van der Waals surface area contributed by atoms with Crippen molar-refractivity contribution >= 4 is 11.6 Å². The minimum Gasteiger partial charge on any atom is -0.395 e. The number of carbonyl (C=O) groups is 1. The third-order valence-electron chi connectivity index (χ3n) is 2.79. The predicted molar refractivity (Wildman–Crippen MR) is 82.0 cm³/mol. The van der Waals surface area contributed by atoms with Crippen molar-refractivity contribution in [3.05, 3.63) is 59.4 Å². The minimum atomic E-state index is -0.213. The maximum atomic E-state index is 12.3. The van der Waals surface area contributed by atoms with E-state index in [0.29, 0.717) is 23.2 Å². The van der Waals surface area contributed by atoms with E-state index in [4.69, 9.17) is 5.11 Å². The zero-order valence-electron chi connectivity index (χ0n) is 11.8. The summed E-state index contributed by atoms with van der Waals surface area (Å²) in [7, 11) is 0. The van der Waals surface area contributed by atoms with Gasteiger partial charge in [-0.15, -0.1) is 0 Å². The fourth-order valence-corrected chi connectivity index (χ4v) is 1.83. The van der Waals surface area contributed by atoms with Gasteiger partial charge in [0.15, 0.2) is 0 Å². The van der Waals surface area contributed by atoms with Crippen LogP contribution in [-0.2, 0) is 0 Å². The molecule has 0 spiro atoms. The highest BCUT2D eigenvalue weighted by atomic mass is 16.2. The van der Waals surface area contributed by atoms with E-state index in [-0.39, 0.29) is 12.5 Å². The van der Waals surface area contributed by atoms with Gasteiger partial charge >= 0.3 is 0 Å². The van der Waals surface area contributed by atoms with Crippen molar-refractivity contribution in [3.8, 4) is 11.8 Å². The van der Waals surface area contributed by atoms with Gasteiger partial charge in [-0.2, -0.15) is 0 Å². The molecule has 4 nitrogen and oxygen atoms in total. The van der Waals surface area contributed by atoms with Crippen LogP contribution in [0, 0.1) is 18.8 Å². The summed E-state index contributed by atoms with van der Waals surface area (Å²) in [5.41, 5.74) is 2.70. The Hall–Kier alpha value is -2.64. The molecule has 2 aromatic rings. The number of pyridine rings is 1. The Morgan fingerprint density at radius 1 is 1.33 bits per heavy atom. The number of carbonyl (C=O) groups excluding carboxylic acids is 1. The van der Waals surface area contributed by atoms with E-state index in [2.05, 4.69) is 22.1 Å². The highest BCUT2D eigenvalue weighted by Gasteiger charge is 2.09. The summed E-state index contributed by atoms with van der Waals surface area (Å²) >= 11 is 0. The fourth-order valence-electron chi connectivity index (χ4n) is 1.83. The van der Waals surface area contributed by atoms with Crippen LogP contribution < -0.4 is 5.32 Å². The first-order valence-corrected chi connectivity index (χ1v) is 6.63. The Labute approximate surface area is 123 Å². The molecule has 0 fully saturated rings. The highest BCUT2D eigenvalue weighted by Crippen LogP contribution is 2.12. The molecule has 0 saturated heterocycles. The van der Waals surface area contributed by atoms with Gasteiger partial charge in [0.2, 0.25) is 0 Å². The topological polar surface area (TPSA) is 62.2 Å². The van der Waals surface area contributed by atoms with Gasteiger partial charge in [-0.3, -0.25) is 9.78 Å². The van der Waals surface area contributed by atoms with Crippen molar-refractivity contribution in [2.24, 2.45) is 0 Å². The summed E-state index contributed by atoms with van der Waals surface area (Å²) in [6.07, 6.45) is 2.04. The Balaban J connectivity index is 2.22. The molecule has 2 N–H and O–H groups in total. The number of hydrogen-bond donors (Lipinski definition) is 2. The molecule has 1 amide bonds. The molecule has 0 aliphatic carbocycles. The zero-order chi connectivity index (χ0) is 15.1. The summed E-state index contributed by atoms with van der Waals surface area (Å²) in [6, 6.07) is 10.7. The lowest BCUT2D eigenvalue weighted by Gasteiger charge is -2.07. The molecule has 1 aromatic carbocycles. The van der Waals surface area contributed by atoms with Gasteiger partial charge in [0.25, 0.3) is 5.91 Å². The minimum absolute atomic E-state index is 0.0116. The average molecular weight is 280 g/mol. The van der Waals surface area contributed by atoms with E-state index >= 15 is 0 Å². The van der Waals surface area contributed by atoms with Gasteiger partial charge in [0, 0.05) is 29.6 Å². The van der Waals surface area contributed by atoms with Crippen LogP contribution in [0.5, 0.6) is 0 Å². The standard InChI is InChI=1S/C17H16N2O2/c1-13-12-15(9-10-18-13)19-17(21)16-8-3-2-6-14(16)7-4-5-11-20/h2-3,6,8-10,12,20H,5,11H2,1H3,(H,18,19,21). The van der Waals surface area contributed by atoms with Crippen molar-refractivity contribution < 1.29 is 9.90 Å². The molecule has 2 rings (SSSR count). The molecule has 0 saturated carbocycles.